The zero-order valence-corrected chi connectivity index (χ0v) is 11.2. The van der Waals surface area contributed by atoms with E-state index in [9.17, 15) is 0 Å². The van der Waals surface area contributed by atoms with Crippen LogP contribution in [0.5, 0.6) is 0 Å². The van der Waals surface area contributed by atoms with Crippen molar-refractivity contribution in [3.63, 3.8) is 0 Å². The molecule has 0 spiro atoms. The van der Waals surface area contributed by atoms with Gasteiger partial charge < -0.3 is 5.73 Å². The van der Waals surface area contributed by atoms with Crippen molar-refractivity contribution in [2.45, 2.75) is 57.9 Å². The number of piperidine rings is 1. The maximum absolute atomic E-state index is 5.85. The average molecular weight is 214 g/mol. The lowest BCUT2D eigenvalue weighted by molar-refractivity contribution is 0.118. The van der Waals surface area contributed by atoms with Gasteiger partial charge in [0.25, 0.3) is 0 Å². The van der Waals surface area contributed by atoms with Gasteiger partial charge >= 0.3 is 0 Å². The topological polar surface area (TPSA) is 29.3 Å². The summed E-state index contributed by atoms with van der Waals surface area (Å²) in [7, 11) is -0.974. The van der Waals surface area contributed by atoms with E-state index in [0.717, 1.165) is 12.6 Å². The second kappa shape index (κ2) is 4.77. The summed E-state index contributed by atoms with van der Waals surface area (Å²) in [5, 5.41) is 0. The molecule has 3 heteroatoms. The zero-order chi connectivity index (χ0) is 10.8. The second-order valence-corrected chi connectivity index (χ2v) is 11.3. The molecule has 2 nitrogen and oxygen atoms in total. The molecule has 1 aliphatic rings. The molecule has 1 heterocycles. The van der Waals surface area contributed by atoms with Crippen LogP contribution in [0.2, 0.25) is 19.6 Å². The minimum atomic E-state index is -0.974. The van der Waals surface area contributed by atoms with Crippen LogP contribution in [0, 0.1) is 0 Å². The number of hydrogen-bond acceptors (Lipinski definition) is 2. The largest absolute Gasteiger partial charge is 0.329 e. The Morgan fingerprint density at radius 3 is 2.43 bits per heavy atom. The van der Waals surface area contributed by atoms with E-state index in [1.165, 1.54) is 25.4 Å². The molecule has 0 aromatic heterocycles. The fourth-order valence-corrected chi connectivity index (χ4v) is 4.09. The Labute approximate surface area is 89.9 Å². The van der Waals surface area contributed by atoms with Crippen molar-refractivity contribution in [3.05, 3.63) is 0 Å². The highest BCUT2D eigenvalue weighted by atomic mass is 28.3. The Hall–Kier alpha value is 0.137. The molecule has 1 aliphatic heterocycles. The van der Waals surface area contributed by atoms with Crippen molar-refractivity contribution in [3.8, 4) is 0 Å². The number of hydrogen-bond donors (Lipinski definition) is 1. The van der Waals surface area contributed by atoms with Gasteiger partial charge in [-0.2, -0.15) is 0 Å². The molecule has 14 heavy (non-hydrogen) atoms. The smallest absolute Gasteiger partial charge is 0.0599 e. The predicted molar refractivity (Wildman–Crippen MR) is 66.2 cm³/mol. The first-order chi connectivity index (χ1) is 6.44. The first-order valence-corrected chi connectivity index (χ1v) is 9.60. The molecule has 0 bridgehead atoms. The van der Waals surface area contributed by atoms with Crippen LogP contribution >= 0.6 is 0 Å². The van der Waals surface area contributed by atoms with E-state index in [1.807, 2.05) is 0 Å². The van der Waals surface area contributed by atoms with Crippen LogP contribution in [-0.4, -0.2) is 37.8 Å². The monoisotopic (exact) mass is 214 g/mol. The highest BCUT2D eigenvalue weighted by Gasteiger charge is 2.30. The van der Waals surface area contributed by atoms with E-state index in [0.29, 0.717) is 6.04 Å². The van der Waals surface area contributed by atoms with Gasteiger partial charge in [-0.1, -0.05) is 26.1 Å². The van der Waals surface area contributed by atoms with E-state index in [2.05, 4.69) is 31.5 Å². The third-order valence-electron chi connectivity index (χ3n) is 3.12. The minimum absolute atomic E-state index is 0.658. The van der Waals surface area contributed by atoms with Gasteiger partial charge in [-0.05, 0) is 25.9 Å². The number of nitrogens with zero attached hydrogens (tertiary/aromatic N) is 1. The first-order valence-electron chi connectivity index (χ1n) is 5.90. The SMILES string of the molecule is CC1CCCC(CN)N1C[Si](C)(C)C. The van der Waals surface area contributed by atoms with E-state index >= 15 is 0 Å². The normalized spacial score (nSPS) is 30.6. The molecule has 2 unspecified atom stereocenters. The van der Waals surface area contributed by atoms with Crippen molar-refractivity contribution >= 4 is 8.07 Å². The molecule has 2 atom stereocenters. The van der Waals surface area contributed by atoms with Crippen LogP contribution in [0.3, 0.4) is 0 Å². The molecule has 0 radical (unpaired) electrons. The summed E-state index contributed by atoms with van der Waals surface area (Å²) in [4.78, 5) is 2.68. The Kier molecular flexibility index (Phi) is 4.16. The lowest BCUT2D eigenvalue weighted by Gasteiger charge is -2.43. The molecular weight excluding hydrogens is 188 g/mol. The summed E-state index contributed by atoms with van der Waals surface area (Å²) in [6.45, 7) is 10.5. The van der Waals surface area contributed by atoms with E-state index in [4.69, 9.17) is 5.73 Å². The third-order valence-corrected chi connectivity index (χ3v) is 4.44. The molecular formula is C11H26N2Si. The summed E-state index contributed by atoms with van der Waals surface area (Å²) < 4.78 is 0. The quantitative estimate of drug-likeness (QED) is 0.729. The molecule has 84 valence electrons. The molecule has 0 aromatic carbocycles. The van der Waals surface area contributed by atoms with Gasteiger partial charge in [0, 0.05) is 18.6 Å². The molecule has 1 saturated heterocycles. The highest BCUT2D eigenvalue weighted by Crippen LogP contribution is 2.23. The van der Waals surface area contributed by atoms with E-state index in [1.54, 1.807) is 0 Å². The van der Waals surface area contributed by atoms with Crippen LogP contribution in [0.25, 0.3) is 0 Å². The lowest BCUT2D eigenvalue weighted by Crippen LogP contribution is -2.54. The third kappa shape index (κ3) is 3.37. The summed E-state index contributed by atoms with van der Waals surface area (Å²) in [6.07, 6.45) is 5.35. The molecule has 2 N–H and O–H groups in total. The minimum Gasteiger partial charge on any atom is -0.329 e. The lowest BCUT2D eigenvalue weighted by atomic mass is 9.97. The molecule has 1 rings (SSSR count). The summed E-state index contributed by atoms with van der Waals surface area (Å²) >= 11 is 0. The average Bonchev–Trinajstić information content (AvgIpc) is 2.06. The van der Waals surface area contributed by atoms with E-state index in [-0.39, 0.29) is 0 Å². The van der Waals surface area contributed by atoms with Crippen molar-refractivity contribution < 1.29 is 0 Å². The fraction of sp³-hybridized carbons (Fsp3) is 1.00. The highest BCUT2D eigenvalue weighted by molar-refractivity contribution is 6.76. The van der Waals surface area contributed by atoms with Crippen molar-refractivity contribution in [1.82, 2.24) is 4.90 Å². The first kappa shape index (κ1) is 12.2. The summed E-state index contributed by atoms with van der Waals surface area (Å²) in [5.74, 6) is 0. The van der Waals surface area contributed by atoms with Crippen molar-refractivity contribution in [2.24, 2.45) is 5.73 Å². The Bertz CT molecular complexity index is 177. The van der Waals surface area contributed by atoms with Gasteiger partial charge in [-0.15, -0.1) is 0 Å². The number of likely N-dealkylation sites (tertiary alicyclic amines) is 1. The van der Waals surface area contributed by atoms with Crippen LogP contribution in [0.4, 0.5) is 0 Å². The van der Waals surface area contributed by atoms with Crippen LogP contribution in [0.1, 0.15) is 26.2 Å². The molecule has 0 aliphatic carbocycles. The van der Waals surface area contributed by atoms with Crippen LogP contribution in [0.15, 0.2) is 0 Å². The molecule has 1 fully saturated rings. The van der Waals surface area contributed by atoms with Gasteiger partial charge in [-0.3, -0.25) is 4.90 Å². The van der Waals surface area contributed by atoms with Gasteiger partial charge in [0.2, 0.25) is 0 Å². The van der Waals surface area contributed by atoms with Crippen molar-refractivity contribution in [1.29, 1.82) is 0 Å². The maximum atomic E-state index is 5.85. The Morgan fingerprint density at radius 2 is 1.93 bits per heavy atom. The van der Waals surface area contributed by atoms with Gasteiger partial charge in [0.05, 0.1) is 8.07 Å². The Morgan fingerprint density at radius 1 is 1.29 bits per heavy atom. The van der Waals surface area contributed by atoms with Gasteiger partial charge in [-0.25, -0.2) is 0 Å². The standard InChI is InChI=1S/C11H26N2Si/c1-10-6-5-7-11(8-12)13(10)9-14(2,3)4/h10-11H,5-9,12H2,1-4H3. The predicted octanol–water partition coefficient (Wildman–Crippen LogP) is 2.07. The zero-order valence-electron chi connectivity index (χ0n) is 10.2. The van der Waals surface area contributed by atoms with Gasteiger partial charge in [0.1, 0.15) is 0 Å². The number of nitrogens with two attached hydrogens (primary N) is 1. The van der Waals surface area contributed by atoms with Gasteiger partial charge in [0.15, 0.2) is 0 Å². The fourth-order valence-electron chi connectivity index (χ4n) is 2.43. The maximum Gasteiger partial charge on any atom is 0.0599 e. The molecule has 0 aromatic rings. The van der Waals surface area contributed by atoms with E-state index < -0.39 is 8.07 Å². The number of rotatable bonds is 3. The second-order valence-electron chi connectivity index (χ2n) is 5.90. The molecule has 0 amide bonds. The van der Waals surface area contributed by atoms with Crippen molar-refractivity contribution in [2.75, 3.05) is 12.7 Å². The Balaban J connectivity index is 2.60. The summed E-state index contributed by atoms with van der Waals surface area (Å²) in [5.41, 5.74) is 5.85. The summed E-state index contributed by atoms with van der Waals surface area (Å²) in [6, 6.07) is 1.41. The van der Waals surface area contributed by atoms with Crippen LogP contribution in [-0.2, 0) is 0 Å². The molecule has 0 saturated carbocycles. The van der Waals surface area contributed by atoms with Crippen LogP contribution < -0.4 is 5.73 Å².